The van der Waals surface area contributed by atoms with Crippen LogP contribution in [0.1, 0.15) is 26.7 Å². The Morgan fingerprint density at radius 3 is 2.60 bits per heavy atom. The SMILES string of the molecule is CC(C)NC(=O)Cn1c(=O)oc2cc(S(=O)(=O)N3CCCC3)ccc21. The normalized spacial score (nSPS) is 16.0. The summed E-state index contributed by atoms with van der Waals surface area (Å²) in [5.41, 5.74) is 0.548. The summed E-state index contributed by atoms with van der Waals surface area (Å²) in [5, 5.41) is 2.70. The van der Waals surface area contributed by atoms with Crippen molar-refractivity contribution in [3.05, 3.63) is 28.7 Å². The molecule has 0 saturated carbocycles. The fraction of sp³-hybridized carbons (Fsp3) is 0.500. The van der Waals surface area contributed by atoms with Crippen LogP contribution >= 0.6 is 0 Å². The molecule has 136 valence electrons. The number of amides is 1. The number of aromatic nitrogens is 1. The first kappa shape index (κ1) is 17.7. The first-order valence-electron chi connectivity index (χ1n) is 8.22. The predicted molar refractivity (Wildman–Crippen MR) is 91.7 cm³/mol. The van der Waals surface area contributed by atoms with Gasteiger partial charge in [-0.1, -0.05) is 0 Å². The summed E-state index contributed by atoms with van der Waals surface area (Å²) in [6.45, 7) is 4.47. The van der Waals surface area contributed by atoms with Gasteiger partial charge in [0.1, 0.15) is 6.54 Å². The Morgan fingerprint density at radius 1 is 1.28 bits per heavy atom. The lowest BCUT2D eigenvalue weighted by atomic mass is 10.3. The second-order valence-electron chi connectivity index (χ2n) is 6.42. The molecule has 3 rings (SSSR count). The van der Waals surface area contributed by atoms with E-state index in [1.165, 1.54) is 27.1 Å². The molecule has 0 unspecified atom stereocenters. The number of hydrogen-bond acceptors (Lipinski definition) is 5. The second kappa shape index (κ2) is 6.64. The van der Waals surface area contributed by atoms with Crippen LogP contribution in [-0.4, -0.2) is 42.3 Å². The lowest BCUT2D eigenvalue weighted by Crippen LogP contribution is -2.35. The third-order valence-electron chi connectivity index (χ3n) is 4.09. The molecule has 9 heteroatoms. The van der Waals surface area contributed by atoms with Gasteiger partial charge >= 0.3 is 5.76 Å². The van der Waals surface area contributed by atoms with Crippen LogP contribution in [0.15, 0.2) is 32.3 Å². The van der Waals surface area contributed by atoms with Crippen molar-refractivity contribution in [1.82, 2.24) is 14.2 Å². The largest absolute Gasteiger partial charge is 0.420 e. The van der Waals surface area contributed by atoms with Gasteiger partial charge in [-0.05, 0) is 38.8 Å². The molecule has 2 heterocycles. The maximum atomic E-state index is 12.6. The Hall–Kier alpha value is -2.13. The van der Waals surface area contributed by atoms with E-state index in [0.29, 0.717) is 18.6 Å². The van der Waals surface area contributed by atoms with Crippen molar-refractivity contribution in [2.24, 2.45) is 0 Å². The third kappa shape index (κ3) is 3.47. The summed E-state index contributed by atoms with van der Waals surface area (Å²) in [6, 6.07) is 4.26. The number of sulfonamides is 1. The number of oxazole rings is 1. The van der Waals surface area contributed by atoms with E-state index in [0.717, 1.165) is 12.8 Å². The second-order valence-corrected chi connectivity index (χ2v) is 8.35. The maximum absolute atomic E-state index is 12.6. The van der Waals surface area contributed by atoms with Gasteiger partial charge in [-0.25, -0.2) is 13.2 Å². The van der Waals surface area contributed by atoms with E-state index < -0.39 is 15.8 Å². The van der Waals surface area contributed by atoms with Crippen molar-refractivity contribution in [2.75, 3.05) is 13.1 Å². The lowest BCUT2D eigenvalue weighted by Gasteiger charge is -2.15. The molecule has 2 aromatic rings. The standard InChI is InChI=1S/C16H21N3O5S/c1-11(2)17-15(20)10-19-13-6-5-12(9-14(13)24-16(19)21)25(22,23)18-7-3-4-8-18/h5-6,9,11H,3-4,7-8,10H2,1-2H3,(H,17,20). The fourth-order valence-corrected chi connectivity index (χ4v) is 4.48. The number of benzene rings is 1. The quantitative estimate of drug-likeness (QED) is 0.846. The average molecular weight is 367 g/mol. The van der Waals surface area contributed by atoms with E-state index in [9.17, 15) is 18.0 Å². The summed E-state index contributed by atoms with van der Waals surface area (Å²) in [5.74, 6) is -1.00. The van der Waals surface area contributed by atoms with Gasteiger partial charge in [-0.15, -0.1) is 0 Å². The van der Waals surface area contributed by atoms with Crippen LogP contribution < -0.4 is 11.1 Å². The van der Waals surface area contributed by atoms with Gasteiger partial charge in [0, 0.05) is 25.2 Å². The van der Waals surface area contributed by atoms with E-state index in [-0.39, 0.29) is 29.0 Å². The Kier molecular flexibility index (Phi) is 4.70. The minimum Gasteiger partial charge on any atom is -0.408 e. The summed E-state index contributed by atoms with van der Waals surface area (Å²) in [4.78, 5) is 24.0. The Balaban J connectivity index is 1.95. The van der Waals surface area contributed by atoms with E-state index in [1.807, 2.05) is 13.8 Å². The van der Waals surface area contributed by atoms with Crippen LogP contribution in [-0.2, 0) is 21.4 Å². The monoisotopic (exact) mass is 367 g/mol. The van der Waals surface area contributed by atoms with E-state index in [4.69, 9.17) is 4.42 Å². The van der Waals surface area contributed by atoms with Crippen LogP contribution in [0.25, 0.3) is 11.1 Å². The highest BCUT2D eigenvalue weighted by atomic mass is 32.2. The van der Waals surface area contributed by atoms with Crippen LogP contribution in [0, 0.1) is 0 Å². The Labute approximate surface area is 145 Å². The molecule has 1 amide bonds. The van der Waals surface area contributed by atoms with Crippen molar-refractivity contribution in [3.63, 3.8) is 0 Å². The molecule has 0 aliphatic carbocycles. The maximum Gasteiger partial charge on any atom is 0.420 e. The molecule has 1 aromatic carbocycles. The zero-order chi connectivity index (χ0) is 18.2. The van der Waals surface area contributed by atoms with Crippen LogP contribution in [0.5, 0.6) is 0 Å². The molecule has 25 heavy (non-hydrogen) atoms. The molecular formula is C16H21N3O5S. The molecule has 1 fully saturated rings. The molecule has 1 saturated heterocycles. The Morgan fingerprint density at radius 2 is 1.96 bits per heavy atom. The van der Waals surface area contributed by atoms with Crippen LogP contribution in [0.2, 0.25) is 0 Å². The van der Waals surface area contributed by atoms with Crippen molar-refractivity contribution in [3.8, 4) is 0 Å². The molecular weight excluding hydrogens is 346 g/mol. The summed E-state index contributed by atoms with van der Waals surface area (Å²) in [7, 11) is -3.59. The third-order valence-corrected chi connectivity index (χ3v) is 5.99. The number of hydrogen-bond donors (Lipinski definition) is 1. The van der Waals surface area contributed by atoms with Gasteiger partial charge in [-0.2, -0.15) is 4.31 Å². The number of carbonyl (C=O) groups is 1. The van der Waals surface area contributed by atoms with Gasteiger partial charge in [0.05, 0.1) is 10.4 Å². The number of carbonyl (C=O) groups excluding carboxylic acids is 1. The zero-order valence-corrected chi connectivity index (χ0v) is 15.0. The number of fused-ring (bicyclic) bond motifs is 1. The summed E-state index contributed by atoms with van der Waals surface area (Å²) < 4.78 is 33.0. The van der Waals surface area contributed by atoms with Crippen molar-refractivity contribution < 1.29 is 17.6 Å². The van der Waals surface area contributed by atoms with Gasteiger partial charge in [0.2, 0.25) is 15.9 Å². The van der Waals surface area contributed by atoms with Crippen molar-refractivity contribution >= 4 is 27.0 Å². The number of rotatable bonds is 5. The lowest BCUT2D eigenvalue weighted by molar-refractivity contribution is -0.122. The molecule has 0 atom stereocenters. The van der Waals surface area contributed by atoms with Gasteiger partial charge < -0.3 is 9.73 Å². The highest BCUT2D eigenvalue weighted by Crippen LogP contribution is 2.24. The van der Waals surface area contributed by atoms with Gasteiger partial charge in [0.25, 0.3) is 0 Å². The summed E-state index contributed by atoms with van der Waals surface area (Å²) in [6.07, 6.45) is 1.69. The minimum atomic E-state index is -3.59. The first-order chi connectivity index (χ1) is 11.8. The topological polar surface area (TPSA) is 102 Å². The molecule has 8 nitrogen and oxygen atoms in total. The molecule has 1 aromatic heterocycles. The fourth-order valence-electron chi connectivity index (χ4n) is 2.95. The van der Waals surface area contributed by atoms with E-state index in [1.54, 1.807) is 0 Å². The zero-order valence-electron chi connectivity index (χ0n) is 14.2. The molecule has 1 aliphatic heterocycles. The van der Waals surface area contributed by atoms with Crippen molar-refractivity contribution in [1.29, 1.82) is 0 Å². The Bertz CT molecular complexity index is 952. The minimum absolute atomic E-state index is 0.0430. The van der Waals surface area contributed by atoms with Crippen LogP contribution in [0.3, 0.4) is 0 Å². The summed E-state index contributed by atoms with van der Waals surface area (Å²) >= 11 is 0. The highest BCUT2D eigenvalue weighted by Gasteiger charge is 2.28. The number of nitrogens with one attached hydrogen (secondary N) is 1. The van der Waals surface area contributed by atoms with E-state index in [2.05, 4.69) is 5.32 Å². The molecule has 0 spiro atoms. The number of nitrogens with zero attached hydrogens (tertiary/aromatic N) is 2. The van der Waals surface area contributed by atoms with Gasteiger partial charge in [-0.3, -0.25) is 9.36 Å². The highest BCUT2D eigenvalue weighted by molar-refractivity contribution is 7.89. The molecule has 1 aliphatic rings. The average Bonchev–Trinajstić information content (AvgIpc) is 3.15. The molecule has 0 bridgehead atoms. The predicted octanol–water partition coefficient (Wildman–Crippen LogP) is 0.904. The molecule has 1 N–H and O–H groups in total. The van der Waals surface area contributed by atoms with Crippen molar-refractivity contribution in [2.45, 2.75) is 44.2 Å². The molecule has 0 radical (unpaired) electrons. The van der Waals surface area contributed by atoms with Gasteiger partial charge in [0.15, 0.2) is 5.58 Å². The smallest absolute Gasteiger partial charge is 0.408 e. The first-order valence-corrected chi connectivity index (χ1v) is 9.66. The van der Waals surface area contributed by atoms with Crippen LogP contribution in [0.4, 0.5) is 0 Å². The van der Waals surface area contributed by atoms with E-state index >= 15 is 0 Å².